The van der Waals surface area contributed by atoms with Crippen molar-refractivity contribution in [3.8, 4) is 0 Å². The average molecular weight is 423 g/mol. The molecule has 1 N–H and O–H groups in total. The summed E-state index contributed by atoms with van der Waals surface area (Å²) >= 11 is 6.39. The van der Waals surface area contributed by atoms with Crippen molar-refractivity contribution in [2.24, 2.45) is 0 Å². The fourth-order valence-corrected chi connectivity index (χ4v) is 4.51. The third-order valence-corrected chi connectivity index (χ3v) is 6.57. The van der Waals surface area contributed by atoms with Gasteiger partial charge >= 0.3 is 0 Å². The maximum Gasteiger partial charge on any atom is 0.240 e. The monoisotopic (exact) mass is 422 g/mol. The predicted octanol–water partition coefficient (Wildman–Crippen LogP) is 2.89. The van der Waals surface area contributed by atoms with Crippen molar-refractivity contribution in [2.75, 3.05) is 32.8 Å². The van der Waals surface area contributed by atoms with Crippen LogP contribution >= 0.6 is 11.6 Å². The molecule has 0 aromatic heterocycles. The standard InChI is InChI=1S/C20H23ClN2O4S/c1-15(24)16-6-8-17(9-7-16)28(25,26)22-14-20(23-10-12-27-13-11-23)18-4-2-3-5-19(18)21/h2-9,20,22H,10-14H2,1H3. The highest BCUT2D eigenvalue weighted by molar-refractivity contribution is 7.89. The van der Waals surface area contributed by atoms with Gasteiger partial charge < -0.3 is 4.74 Å². The SMILES string of the molecule is CC(=O)c1ccc(S(=O)(=O)NCC(c2ccccc2Cl)N2CCOCC2)cc1. The molecule has 1 heterocycles. The minimum atomic E-state index is -3.72. The Bertz CT molecular complexity index is 925. The number of nitrogens with one attached hydrogen (secondary N) is 1. The Balaban J connectivity index is 1.80. The van der Waals surface area contributed by atoms with E-state index >= 15 is 0 Å². The number of halogens is 1. The third kappa shape index (κ3) is 4.98. The van der Waals surface area contributed by atoms with Gasteiger partial charge in [-0.1, -0.05) is 41.9 Å². The molecule has 1 unspecified atom stereocenters. The number of rotatable bonds is 7. The van der Waals surface area contributed by atoms with Gasteiger partial charge in [0.15, 0.2) is 5.78 Å². The van der Waals surface area contributed by atoms with Crippen molar-refractivity contribution in [3.05, 3.63) is 64.7 Å². The van der Waals surface area contributed by atoms with Gasteiger partial charge in [0.2, 0.25) is 10.0 Å². The topological polar surface area (TPSA) is 75.7 Å². The summed E-state index contributed by atoms with van der Waals surface area (Å²) in [5.41, 5.74) is 1.35. The van der Waals surface area contributed by atoms with Crippen LogP contribution in [0.15, 0.2) is 53.4 Å². The number of benzene rings is 2. The molecular formula is C20H23ClN2O4S. The summed E-state index contributed by atoms with van der Waals surface area (Å²) in [4.78, 5) is 13.7. The van der Waals surface area contributed by atoms with Gasteiger partial charge in [0.05, 0.1) is 18.1 Å². The maximum atomic E-state index is 12.7. The molecule has 0 spiro atoms. The molecule has 0 amide bonds. The molecule has 0 aliphatic carbocycles. The van der Waals surface area contributed by atoms with E-state index in [4.69, 9.17) is 16.3 Å². The second-order valence-corrected chi connectivity index (χ2v) is 8.79. The van der Waals surface area contributed by atoms with E-state index in [0.717, 1.165) is 5.56 Å². The molecule has 0 bridgehead atoms. The van der Waals surface area contributed by atoms with Gasteiger partial charge in [-0.05, 0) is 30.7 Å². The number of hydrogen-bond donors (Lipinski definition) is 1. The molecule has 6 nitrogen and oxygen atoms in total. The summed E-state index contributed by atoms with van der Waals surface area (Å²) in [7, 11) is -3.72. The molecule has 2 aromatic carbocycles. The van der Waals surface area contributed by atoms with E-state index in [0.29, 0.717) is 36.9 Å². The van der Waals surface area contributed by atoms with E-state index in [-0.39, 0.29) is 23.3 Å². The number of morpholine rings is 1. The van der Waals surface area contributed by atoms with Crippen LogP contribution in [0.2, 0.25) is 5.02 Å². The van der Waals surface area contributed by atoms with E-state index < -0.39 is 10.0 Å². The summed E-state index contributed by atoms with van der Waals surface area (Å²) in [6.07, 6.45) is 0. The van der Waals surface area contributed by atoms with Crippen molar-refractivity contribution >= 4 is 27.4 Å². The van der Waals surface area contributed by atoms with E-state index in [1.165, 1.54) is 31.2 Å². The third-order valence-electron chi connectivity index (χ3n) is 4.79. The molecule has 1 fully saturated rings. The molecule has 3 rings (SSSR count). The number of ketones is 1. The number of carbonyl (C=O) groups excluding carboxylic acids is 1. The van der Waals surface area contributed by atoms with Crippen molar-refractivity contribution in [1.29, 1.82) is 0 Å². The summed E-state index contributed by atoms with van der Waals surface area (Å²) in [5.74, 6) is -0.108. The highest BCUT2D eigenvalue weighted by atomic mass is 35.5. The first-order valence-electron chi connectivity index (χ1n) is 9.05. The largest absolute Gasteiger partial charge is 0.379 e. The van der Waals surface area contributed by atoms with E-state index in [1.54, 1.807) is 6.07 Å². The highest BCUT2D eigenvalue weighted by Crippen LogP contribution is 2.28. The van der Waals surface area contributed by atoms with E-state index in [1.807, 2.05) is 18.2 Å². The molecule has 1 aliphatic heterocycles. The number of nitrogens with zero attached hydrogens (tertiary/aromatic N) is 1. The number of Topliss-reactive ketones (excluding diaryl/α,β-unsaturated/α-hetero) is 1. The quantitative estimate of drug-likeness (QED) is 0.694. The van der Waals surface area contributed by atoms with Gasteiger partial charge in [-0.25, -0.2) is 13.1 Å². The summed E-state index contributed by atoms with van der Waals surface area (Å²) in [6, 6.07) is 13.2. The Hall–Kier alpha value is -1.77. The molecule has 0 radical (unpaired) electrons. The molecule has 1 saturated heterocycles. The number of carbonyl (C=O) groups is 1. The van der Waals surface area contributed by atoms with E-state index in [9.17, 15) is 13.2 Å². The van der Waals surface area contributed by atoms with Crippen LogP contribution in [0.4, 0.5) is 0 Å². The second kappa shape index (κ2) is 9.15. The van der Waals surface area contributed by atoms with Gasteiger partial charge in [0, 0.05) is 36.3 Å². The van der Waals surface area contributed by atoms with E-state index in [2.05, 4.69) is 9.62 Å². The fourth-order valence-electron chi connectivity index (χ4n) is 3.21. The lowest BCUT2D eigenvalue weighted by atomic mass is 10.0. The van der Waals surface area contributed by atoms with Gasteiger partial charge in [0.1, 0.15) is 0 Å². The Kier molecular flexibility index (Phi) is 6.85. The van der Waals surface area contributed by atoms with Crippen LogP contribution in [-0.2, 0) is 14.8 Å². The first-order valence-corrected chi connectivity index (χ1v) is 10.9. The summed E-state index contributed by atoms with van der Waals surface area (Å²) in [5, 5.41) is 0.601. The smallest absolute Gasteiger partial charge is 0.240 e. The second-order valence-electron chi connectivity index (χ2n) is 6.62. The molecule has 0 saturated carbocycles. The molecule has 8 heteroatoms. The number of sulfonamides is 1. The van der Waals surface area contributed by atoms with Gasteiger partial charge in [-0.3, -0.25) is 9.69 Å². The Morgan fingerprint density at radius 2 is 1.79 bits per heavy atom. The zero-order valence-corrected chi connectivity index (χ0v) is 17.2. The fraction of sp³-hybridized carbons (Fsp3) is 0.350. The molecule has 2 aromatic rings. The Labute approximate surface area is 170 Å². The van der Waals surface area contributed by atoms with Crippen molar-refractivity contribution < 1.29 is 17.9 Å². The zero-order chi connectivity index (χ0) is 20.1. The number of hydrogen-bond acceptors (Lipinski definition) is 5. The van der Waals surface area contributed by atoms with Crippen molar-refractivity contribution in [1.82, 2.24) is 9.62 Å². The van der Waals surface area contributed by atoms with Crippen LogP contribution in [0, 0.1) is 0 Å². The van der Waals surface area contributed by atoms with Crippen LogP contribution in [0.5, 0.6) is 0 Å². The predicted molar refractivity (Wildman–Crippen MR) is 108 cm³/mol. The molecular weight excluding hydrogens is 400 g/mol. The molecule has 1 atom stereocenters. The Morgan fingerprint density at radius 1 is 1.14 bits per heavy atom. The average Bonchev–Trinajstić information content (AvgIpc) is 2.70. The van der Waals surface area contributed by atoms with Crippen molar-refractivity contribution in [2.45, 2.75) is 17.9 Å². The van der Waals surface area contributed by atoms with Gasteiger partial charge in [0.25, 0.3) is 0 Å². The highest BCUT2D eigenvalue weighted by Gasteiger charge is 2.26. The summed E-state index contributed by atoms with van der Waals surface area (Å²) < 4.78 is 33.6. The molecule has 150 valence electrons. The van der Waals surface area contributed by atoms with Crippen LogP contribution in [-0.4, -0.2) is 51.9 Å². The van der Waals surface area contributed by atoms with Crippen LogP contribution in [0.1, 0.15) is 28.9 Å². The lowest BCUT2D eigenvalue weighted by molar-refractivity contribution is 0.0172. The Morgan fingerprint density at radius 3 is 2.39 bits per heavy atom. The summed E-state index contributed by atoms with van der Waals surface area (Å²) in [6.45, 7) is 4.22. The number of ether oxygens (including phenoxy) is 1. The van der Waals surface area contributed by atoms with Gasteiger partial charge in [-0.15, -0.1) is 0 Å². The van der Waals surface area contributed by atoms with Gasteiger partial charge in [-0.2, -0.15) is 0 Å². The minimum absolute atomic E-state index is 0.108. The lowest BCUT2D eigenvalue weighted by Gasteiger charge is -2.35. The lowest BCUT2D eigenvalue weighted by Crippen LogP contribution is -2.43. The minimum Gasteiger partial charge on any atom is -0.379 e. The van der Waals surface area contributed by atoms with Crippen molar-refractivity contribution in [3.63, 3.8) is 0 Å². The molecule has 28 heavy (non-hydrogen) atoms. The van der Waals surface area contributed by atoms with Crippen LogP contribution in [0.25, 0.3) is 0 Å². The zero-order valence-electron chi connectivity index (χ0n) is 15.6. The first-order chi connectivity index (χ1) is 13.4. The van der Waals surface area contributed by atoms with Crippen LogP contribution in [0.3, 0.4) is 0 Å². The maximum absolute atomic E-state index is 12.7. The normalized spacial score (nSPS) is 16.6. The van der Waals surface area contributed by atoms with Crippen LogP contribution < -0.4 is 4.72 Å². The first kappa shape index (κ1) is 21.0. The molecule has 1 aliphatic rings.